The van der Waals surface area contributed by atoms with Gasteiger partial charge in [-0.1, -0.05) is 49.5 Å². The Kier molecular flexibility index (Phi) is 4.96. The summed E-state index contributed by atoms with van der Waals surface area (Å²) in [5, 5.41) is 0. The van der Waals surface area contributed by atoms with Crippen molar-refractivity contribution >= 4 is 14.3 Å². The van der Waals surface area contributed by atoms with E-state index in [1.165, 1.54) is 11.1 Å². The molecule has 0 fully saturated rings. The van der Waals surface area contributed by atoms with E-state index in [0.29, 0.717) is 5.54 Å². The first kappa shape index (κ1) is 16.1. The molecule has 0 saturated carbocycles. The molecule has 1 aliphatic rings. The summed E-state index contributed by atoms with van der Waals surface area (Å²) in [5.74, 6) is 0. The Morgan fingerprint density at radius 1 is 1.11 bits per heavy atom. The zero-order valence-corrected chi connectivity index (χ0v) is 14.9. The van der Waals surface area contributed by atoms with Gasteiger partial charge in [0, 0.05) is 36.9 Å². The molecule has 0 amide bonds. The molecular formula is C15H23NScSi. The van der Waals surface area contributed by atoms with Crippen LogP contribution in [-0.2, 0) is 25.8 Å². The molecule has 3 heteroatoms. The van der Waals surface area contributed by atoms with Gasteiger partial charge in [-0.3, -0.25) is 0 Å². The second-order valence-corrected chi connectivity index (χ2v) is 10.9. The van der Waals surface area contributed by atoms with E-state index in [1.54, 1.807) is 0 Å². The predicted octanol–water partition coefficient (Wildman–Crippen LogP) is 3.93. The topological polar surface area (TPSA) is 12.0 Å². The molecule has 0 bridgehead atoms. The monoisotopic (exact) mass is 290 g/mol. The molecular weight excluding hydrogens is 267 g/mol. The summed E-state index contributed by atoms with van der Waals surface area (Å²) in [6.07, 6.45) is 4.66. The Labute approximate surface area is 131 Å². The molecule has 2 rings (SSSR count). The van der Waals surface area contributed by atoms with Gasteiger partial charge < -0.3 is 4.98 Å². The number of nitrogens with one attached hydrogen (secondary N) is 1. The van der Waals surface area contributed by atoms with Crippen LogP contribution in [0.5, 0.6) is 0 Å². The fourth-order valence-electron chi connectivity index (χ4n) is 2.92. The van der Waals surface area contributed by atoms with E-state index in [1.807, 2.05) is 0 Å². The second kappa shape index (κ2) is 5.56. The molecule has 0 heterocycles. The van der Waals surface area contributed by atoms with Crippen LogP contribution in [0.4, 0.5) is 0 Å². The number of rotatable bonds is 2. The Bertz CT molecular complexity index is 446. The Morgan fingerprint density at radius 3 is 2.33 bits per heavy atom. The first-order valence-corrected chi connectivity index (χ1v) is 9.44. The SMILES string of the molecule is CC(C)(C)N[Si](C)(C)C1C=Cc2ccccc21.[Sc]. The smallest absolute Gasteiger partial charge is 0.131 e. The summed E-state index contributed by atoms with van der Waals surface area (Å²) in [6.45, 7) is 11.6. The van der Waals surface area contributed by atoms with Crippen molar-refractivity contribution < 1.29 is 25.8 Å². The number of allylic oxidation sites excluding steroid dienone is 1. The first-order valence-electron chi connectivity index (χ1n) is 6.36. The molecule has 1 atom stereocenters. The zero-order chi connectivity index (χ0) is 12.7. The average Bonchev–Trinajstić information content (AvgIpc) is 2.57. The normalized spacial score (nSPS) is 18.4. The largest absolute Gasteiger partial charge is 0.332 e. The van der Waals surface area contributed by atoms with Crippen molar-refractivity contribution in [1.82, 2.24) is 4.98 Å². The number of benzene rings is 1. The Morgan fingerprint density at radius 2 is 1.72 bits per heavy atom. The van der Waals surface area contributed by atoms with Gasteiger partial charge in [0.25, 0.3) is 0 Å². The van der Waals surface area contributed by atoms with Gasteiger partial charge in [0.15, 0.2) is 0 Å². The molecule has 0 aromatic heterocycles. The van der Waals surface area contributed by atoms with E-state index < -0.39 is 8.24 Å². The minimum absolute atomic E-state index is 0. The third kappa shape index (κ3) is 3.52. The van der Waals surface area contributed by atoms with Crippen LogP contribution in [0.2, 0.25) is 13.1 Å². The van der Waals surface area contributed by atoms with E-state index in [9.17, 15) is 0 Å². The standard InChI is InChI=1S/C15H23NSi.Sc/c1-15(2,3)16-17(4,5)14-11-10-12-8-6-7-9-13(12)14;/h6-11,14,16H,1-5H3;. The number of hydrogen-bond acceptors (Lipinski definition) is 1. The van der Waals surface area contributed by atoms with E-state index in [-0.39, 0.29) is 31.4 Å². The van der Waals surface area contributed by atoms with E-state index >= 15 is 0 Å². The third-order valence-electron chi connectivity index (χ3n) is 3.27. The molecule has 1 N–H and O–H groups in total. The van der Waals surface area contributed by atoms with Crippen molar-refractivity contribution in [3.05, 3.63) is 41.5 Å². The maximum absolute atomic E-state index is 3.87. The number of hydrogen-bond donors (Lipinski definition) is 1. The van der Waals surface area contributed by atoms with Gasteiger partial charge in [-0.05, 0) is 31.9 Å². The Hall–Kier alpha value is 0.00701. The fraction of sp³-hybridized carbons (Fsp3) is 0.467. The van der Waals surface area contributed by atoms with Gasteiger partial charge in [0.1, 0.15) is 8.24 Å². The van der Waals surface area contributed by atoms with Crippen LogP contribution < -0.4 is 4.98 Å². The van der Waals surface area contributed by atoms with Crippen LogP contribution in [0.25, 0.3) is 6.08 Å². The van der Waals surface area contributed by atoms with Crippen molar-refractivity contribution in [2.75, 3.05) is 0 Å². The van der Waals surface area contributed by atoms with Gasteiger partial charge in [-0.2, -0.15) is 0 Å². The summed E-state index contributed by atoms with van der Waals surface area (Å²) in [7, 11) is -1.49. The molecule has 0 aliphatic heterocycles. The summed E-state index contributed by atoms with van der Waals surface area (Å²) in [6, 6.07) is 8.77. The van der Waals surface area contributed by atoms with E-state index in [0.717, 1.165) is 0 Å². The molecule has 95 valence electrons. The van der Waals surface area contributed by atoms with Crippen LogP contribution in [0.3, 0.4) is 0 Å². The minimum Gasteiger partial charge on any atom is -0.332 e. The molecule has 1 radical (unpaired) electrons. The van der Waals surface area contributed by atoms with Gasteiger partial charge in [-0.15, -0.1) is 0 Å². The van der Waals surface area contributed by atoms with Crippen molar-refractivity contribution in [2.45, 2.75) is 44.9 Å². The van der Waals surface area contributed by atoms with Crippen LogP contribution in [-0.4, -0.2) is 13.8 Å². The van der Waals surface area contributed by atoms with E-state index in [4.69, 9.17) is 0 Å². The van der Waals surface area contributed by atoms with Gasteiger partial charge in [0.05, 0.1) is 0 Å². The molecule has 18 heavy (non-hydrogen) atoms. The maximum atomic E-state index is 3.87. The minimum atomic E-state index is -1.49. The second-order valence-electron chi connectivity index (χ2n) is 6.56. The van der Waals surface area contributed by atoms with Crippen molar-refractivity contribution in [1.29, 1.82) is 0 Å². The summed E-state index contributed by atoms with van der Waals surface area (Å²) < 4.78 is 0. The molecule has 1 aromatic rings. The third-order valence-corrected chi connectivity index (χ3v) is 6.73. The first-order chi connectivity index (χ1) is 7.80. The van der Waals surface area contributed by atoms with E-state index in [2.05, 4.69) is 75.3 Å². The Balaban J connectivity index is 0.00000162. The van der Waals surface area contributed by atoms with Crippen LogP contribution in [0.15, 0.2) is 30.3 Å². The van der Waals surface area contributed by atoms with Crippen molar-refractivity contribution in [3.63, 3.8) is 0 Å². The maximum Gasteiger partial charge on any atom is 0.131 e. The van der Waals surface area contributed by atoms with Gasteiger partial charge >= 0.3 is 0 Å². The fourth-order valence-corrected chi connectivity index (χ4v) is 6.63. The molecule has 1 aliphatic carbocycles. The van der Waals surface area contributed by atoms with Gasteiger partial charge in [-0.25, -0.2) is 0 Å². The summed E-state index contributed by atoms with van der Waals surface area (Å²) >= 11 is 0. The van der Waals surface area contributed by atoms with Crippen LogP contribution >= 0.6 is 0 Å². The van der Waals surface area contributed by atoms with Crippen LogP contribution in [0, 0.1) is 0 Å². The quantitative estimate of drug-likeness (QED) is 0.814. The van der Waals surface area contributed by atoms with Crippen LogP contribution in [0.1, 0.15) is 37.4 Å². The average molecular weight is 290 g/mol. The zero-order valence-electron chi connectivity index (χ0n) is 12.1. The molecule has 0 saturated heterocycles. The number of fused-ring (bicyclic) bond motifs is 1. The summed E-state index contributed by atoms with van der Waals surface area (Å²) in [5.41, 5.74) is 3.69. The molecule has 1 aromatic carbocycles. The van der Waals surface area contributed by atoms with Gasteiger partial charge in [0.2, 0.25) is 0 Å². The molecule has 1 nitrogen and oxygen atoms in total. The summed E-state index contributed by atoms with van der Waals surface area (Å²) in [4.78, 5) is 3.87. The van der Waals surface area contributed by atoms with Crippen molar-refractivity contribution in [2.24, 2.45) is 0 Å². The van der Waals surface area contributed by atoms with Crippen molar-refractivity contribution in [3.8, 4) is 0 Å². The predicted molar refractivity (Wildman–Crippen MR) is 78.6 cm³/mol. The molecule has 1 unspecified atom stereocenters. The molecule has 0 spiro atoms.